The van der Waals surface area contributed by atoms with Gasteiger partial charge in [-0.1, -0.05) is 13.8 Å². The number of carbonyl (C=O) groups is 2. The standard InChI is InChI=1S/C20H40N6O3.HI/c1-7-20(8-2,25-18(28)29-19(4,5)6)14-23-17(22-9-3)24-15-10-12-26(13-11-15)16(21)27;/h15H,7-14H2,1-6H3,(H2,21,27)(H,25,28)(H2,22,23,24);1H. The van der Waals surface area contributed by atoms with Crippen LogP contribution in [0, 0.1) is 0 Å². The maximum absolute atomic E-state index is 12.3. The predicted octanol–water partition coefficient (Wildman–Crippen LogP) is 2.79. The van der Waals surface area contributed by atoms with Crippen LogP contribution in [0.5, 0.6) is 0 Å². The first-order chi connectivity index (χ1) is 13.5. The van der Waals surface area contributed by atoms with Crippen molar-refractivity contribution in [3.63, 3.8) is 0 Å². The van der Waals surface area contributed by atoms with Crippen molar-refractivity contribution >= 4 is 42.1 Å². The molecule has 1 aliphatic rings. The number of aliphatic imine (C=N–C) groups is 1. The lowest BCUT2D eigenvalue weighted by Gasteiger charge is -2.34. The van der Waals surface area contributed by atoms with Crippen LogP contribution in [0.3, 0.4) is 0 Å². The molecule has 0 bridgehead atoms. The second-order valence-corrected chi connectivity index (χ2v) is 8.55. The van der Waals surface area contributed by atoms with Gasteiger partial charge < -0.3 is 31.3 Å². The van der Waals surface area contributed by atoms with Crippen LogP contribution in [0.1, 0.15) is 67.2 Å². The zero-order chi connectivity index (χ0) is 22.1. The normalized spacial score (nSPS) is 15.8. The molecule has 0 aromatic heterocycles. The molecule has 0 radical (unpaired) electrons. The van der Waals surface area contributed by atoms with Crippen LogP contribution < -0.4 is 21.7 Å². The van der Waals surface area contributed by atoms with Crippen LogP contribution in [0.4, 0.5) is 9.59 Å². The van der Waals surface area contributed by atoms with Crippen LogP contribution in [-0.4, -0.2) is 66.3 Å². The molecular weight excluding hydrogens is 499 g/mol. The molecule has 0 saturated carbocycles. The molecule has 1 heterocycles. The third kappa shape index (κ3) is 10.0. The van der Waals surface area contributed by atoms with E-state index in [1.807, 2.05) is 41.5 Å². The summed E-state index contributed by atoms with van der Waals surface area (Å²) in [7, 11) is 0. The van der Waals surface area contributed by atoms with Crippen molar-refractivity contribution in [3.8, 4) is 0 Å². The van der Waals surface area contributed by atoms with Gasteiger partial charge in [0.2, 0.25) is 0 Å². The summed E-state index contributed by atoms with van der Waals surface area (Å²) in [6.07, 6.45) is 2.69. The number of hydrogen-bond donors (Lipinski definition) is 4. The molecule has 1 rings (SSSR count). The maximum Gasteiger partial charge on any atom is 0.408 e. The number of rotatable bonds is 7. The second-order valence-electron chi connectivity index (χ2n) is 8.55. The molecule has 0 spiro atoms. The van der Waals surface area contributed by atoms with Crippen LogP contribution in [0.2, 0.25) is 0 Å². The first kappa shape index (κ1) is 28.5. The molecule has 3 amide bonds. The highest BCUT2D eigenvalue weighted by molar-refractivity contribution is 14.0. The number of nitrogens with two attached hydrogens (primary N) is 1. The lowest BCUT2D eigenvalue weighted by molar-refractivity contribution is 0.0451. The van der Waals surface area contributed by atoms with Crippen molar-refractivity contribution in [1.29, 1.82) is 0 Å². The van der Waals surface area contributed by atoms with Crippen molar-refractivity contribution in [1.82, 2.24) is 20.9 Å². The zero-order valence-electron chi connectivity index (χ0n) is 19.3. The fourth-order valence-corrected chi connectivity index (χ4v) is 3.20. The number of urea groups is 1. The molecule has 1 aliphatic heterocycles. The summed E-state index contributed by atoms with van der Waals surface area (Å²) < 4.78 is 5.43. The molecule has 9 nitrogen and oxygen atoms in total. The van der Waals surface area contributed by atoms with Gasteiger partial charge in [0.15, 0.2) is 5.96 Å². The third-order valence-electron chi connectivity index (χ3n) is 5.15. The Morgan fingerprint density at radius 2 is 1.70 bits per heavy atom. The maximum atomic E-state index is 12.3. The Morgan fingerprint density at radius 1 is 1.13 bits per heavy atom. The van der Waals surface area contributed by atoms with Crippen LogP contribution in [0.25, 0.3) is 0 Å². The molecule has 0 aromatic rings. The number of nitrogens with one attached hydrogen (secondary N) is 3. The van der Waals surface area contributed by atoms with Crippen molar-refractivity contribution in [2.75, 3.05) is 26.2 Å². The molecule has 0 aliphatic carbocycles. The van der Waals surface area contributed by atoms with E-state index in [-0.39, 0.29) is 36.0 Å². The Bertz CT molecular complexity index is 567. The van der Waals surface area contributed by atoms with Crippen LogP contribution >= 0.6 is 24.0 Å². The Kier molecular flexibility index (Phi) is 12.4. The lowest BCUT2D eigenvalue weighted by Crippen LogP contribution is -2.53. The number of guanidine groups is 1. The van der Waals surface area contributed by atoms with Crippen molar-refractivity contribution < 1.29 is 14.3 Å². The van der Waals surface area contributed by atoms with E-state index in [0.717, 1.165) is 32.2 Å². The van der Waals surface area contributed by atoms with E-state index in [4.69, 9.17) is 15.5 Å². The van der Waals surface area contributed by atoms with E-state index >= 15 is 0 Å². The van der Waals surface area contributed by atoms with Gasteiger partial charge in [-0.15, -0.1) is 24.0 Å². The summed E-state index contributed by atoms with van der Waals surface area (Å²) in [5.41, 5.74) is 4.33. The number of carbonyl (C=O) groups excluding carboxylic acids is 2. The van der Waals surface area contributed by atoms with Gasteiger partial charge in [0.1, 0.15) is 5.60 Å². The number of piperidine rings is 1. The summed E-state index contributed by atoms with van der Waals surface area (Å²) in [5, 5.41) is 9.73. The molecule has 10 heteroatoms. The molecular formula is C20H41IN6O3. The van der Waals surface area contributed by atoms with Gasteiger partial charge in [0, 0.05) is 25.7 Å². The molecule has 176 valence electrons. The predicted molar refractivity (Wildman–Crippen MR) is 131 cm³/mol. The average molecular weight is 540 g/mol. The van der Waals surface area contributed by atoms with Gasteiger partial charge in [-0.3, -0.25) is 4.99 Å². The minimum absolute atomic E-state index is 0. The lowest BCUT2D eigenvalue weighted by atomic mass is 9.93. The van der Waals surface area contributed by atoms with E-state index in [9.17, 15) is 9.59 Å². The number of alkyl carbamates (subject to hydrolysis) is 1. The monoisotopic (exact) mass is 540 g/mol. The molecule has 1 fully saturated rings. The number of halogens is 1. The molecule has 0 aromatic carbocycles. The number of primary amides is 1. The van der Waals surface area contributed by atoms with E-state index < -0.39 is 17.2 Å². The van der Waals surface area contributed by atoms with Gasteiger partial charge >= 0.3 is 12.1 Å². The highest BCUT2D eigenvalue weighted by Gasteiger charge is 2.31. The smallest absolute Gasteiger partial charge is 0.408 e. The highest BCUT2D eigenvalue weighted by Crippen LogP contribution is 2.18. The molecule has 0 unspecified atom stereocenters. The minimum atomic E-state index is -0.545. The van der Waals surface area contributed by atoms with E-state index in [1.165, 1.54) is 0 Å². The van der Waals surface area contributed by atoms with Gasteiger partial charge in [0.25, 0.3) is 0 Å². The first-order valence-electron chi connectivity index (χ1n) is 10.6. The average Bonchev–Trinajstić information content (AvgIpc) is 2.64. The van der Waals surface area contributed by atoms with Gasteiger partial charge in [-0.2, -0.15) is 0 Å². The van der Waals surface area contributed by atoms with Crippen molar-refractivity contribution in [2.24, 2.45) is 10.7 Å². The zero-order valence-corrected chi connectivity index (χ0v) is 21.7. The van der Waals surface area contributed by atoms with Crippen molar-refractivity contribution in [2.45, 2.75) is 84.4 Å². The summed E-state index contributed by atoms with van der Waals surface area (Å²) in [6, 6.07) is -0.146. The fraction of sp³-hybridized carbons (Fsp3) is 0.850. The summed E-state index contributed by atoms with van der Waals surface area (Å²) >= 11 is 0. The Morgan fingerprint density at radius 3 is 2.13 bits per heavy atom. The molecule has 0 atom stereocenters. The van der Waals surface area contributed by atoms with E-state index in [2.05, 4.69) is 16.0 Å². The van der Waals surface area contributed by atoms with Crippen LogP contribution in [0.15, 0.2) is 4.99 Å². The van der Waals surface area contributed by atoms with Crippen LogP contribution in [-0.2, 0) is 4.74 Å². The van der Waals surface area contributed by atoms with E-state index in [0.29, 0.717) is 25.6 Å². The quantitative estimate of drug-likeness (QED) is 0.225. The first-order valence-corrected chi connectivity index (χ1v) is 10.6. The Balaban J connectivity index is 0.00000841. The number of ether oxygens (including phenoxy) is 1. The minimum Gasteiger partial charge on any atom is -0.444 e. The van der Waals surface area contributed by atoms with Gasteiger partial charge in [-0.25, -0.2) is 9.59 Å². The third-order valence-corrected chi connectivity index (χ3v) is 5.15. The SMILES string of the molecule is CCNC(=NCC(CC)(CC)NC(=O)OC(C)(C)C)NC1CCN(C(N)=O)CC1.I. The molecule has 1 saturated heterocycles. The Labute approximate surface area is 198 Å². The summed E-state index contributed by atoms with van der Waals surface area (Å²) in [6.45, 7) is 14.1. The second kappa shape index (κ2) is 13.1. The topological polar surface area (TPSA) is 121 Å². The van der Waals surface area contributed by atoms with Crippen molar-refractivity contribution in [3.05, 3.63) is 0 Å². The number of likely N-dealkylation sites (tertiary alicyclic amines) is 1. The molecule has 30 heavy (non-hydrogen) atoms. The van der Waals surface area contributed by atoms with Gasteiger partial charge in [0.05, 0.1) is 12.1 Å². The van der Waals surface area contributed by atoms with E-state index in [1.54, 1.807) is 4.90 Å². The fourth-order valence-electron chi connectivity index (χ4n) is 3.20. The summed E-state index contributed by atoms with van der Waals surface area (Å²) in [5.74, 6) is 0.710. The Hall–Kier alpha value is -1.46. The largest absolute Gasteiger partial charge is 0.444 e. The number of hydrogen-bond acceptors (Lipinski definition) is 4. The van der Waals surface area contributed by atoms with Gasteiger partial charge in [-0.05, 0) is 53.4 Å². The molecule has 5 N–H and O–H groups in total. The number of amides is 3. The highest BCUT2D eigenvalue weighted by atomic mass is 127. The summed E-state index contributed by atoms with van der Waals surface area (Å²) in [4.78, 5) is 30.0. The number of nitrogens with zero attached hydrogens (tertiary/aromatic N) is 2.